The van der Waals surface area contributed by atoms with Crippen molar-refractivity contribution in [1.29, 1.82) is 21.0 Å². The molecule has 1 aliphatic heterocycles. The zero-order chi connectivity index (χ0) is 25.9. The zero-order valence-corrected chi connectivity index (χ0v) is 21.2. The molecule has 1 aliphatic rings. The molecule has 2 heterocycles. The standard InChI is InChI=1S/C30H18BN5Si/c1-37(2)27-9-5-3-7-25(27)31(26-8-4-6-10-28(26)37)36-29-21(17-34)11-19(15-32)13-23(29)24-14-20(16-33)12-22(18-35)30(24)36/h3-14H,1-2H3. The van der Waals surface area contributed by atoms with E-state index in [1.807, 2.05) is 12.1 Å². The summed E-state index contributed by atoms with van der Waals surface area (Å²) in [6.07, 6.45) is 0. The molecule has 0 aliphatic carbocycles. The molecule has 5 aromatic rings. The van der Waals surface area contributed by atoms with Crippen LogP contribution in [0.1, 0.15) is 22.3 Å². The lowest BCUT2D eigenvalue weighted by Crippen LogP contribution is -2.75. The van der Waals surface area contributed by atoms with Crippen molar-refractivity contribution in [3.63, 3.8) is 0 Å². The number of hydrogen-bond acceptors (Lipinski definition) is 4. The van der Waals surface area contributed by atoms with E-state index in [-0.39, 0.29) is 6.85 Å². The van der Waals surface area contributed by atoms with Crippen molar-refractivity contribution in [1.82, 2.24) is 4.48 Å². The van der Waals surface area contributed by atoms with Gasteiger partial charge in [-0.15, -0.1) is 0 Å². The molecule has 4 aromatic carbocycles. The van der Waals surface area contributed by atoms with E-state index in [0.717, 1.165) is 10.9 Å². The predicted molar refractivity (Wildman–Crippen MR) is 148 cm³/mol. The number of benzene rings is 4. The summed E-state index contributed by atoms with van der Waals surface area (Å²) in [5, 5.41) is 43.8. The van der Waals surface area contributed by atoms with Crippen LogP contribution in [0.25, 0.3) is 21.8 Å². The van der Waals surface area contributed by atoms with Crippen molar-refractivity contribution in [3.8, 4) is 24.3 Å². The Labute approximate surface area is 215 Å². The minimum atomic E-state index is -2.02. The van der Waals surface area contributed by atoms with Gasteiger partial charge in [-0.2, -0.15) is 21.0 Å². The quantitative estimate of drug-likeness (QED) is 0.339. The van der Waals surface area contributed by atoms with Crippen LogP contribution in [-0.2, 0) is 0 Å². The molecule has 0 N–H and O–H groups in total. The molecule has 7 heteroatoms. The number of nitriles is 4. The molecule has 0 atom stereocenters. The second-order valence-corrected chi connectivity index (χ2v) is 14.2. The number of nitrogens with zero attached hydrogens (tertiary/aromatic N) is 5. The van der Waals surface area contributed by atoms with Crippen LogP contribution in [0.4, 0.5) is 0 Å². The van der Waals surface area contributed by atoms with Gasteiger partial charge in [0, 0.05) is 10.8 Å². The minimum absolute atomic E-state index is 0.284. The lowest BCUT2D eigenvalue weighted by Gasteiger charge is -2.37. The first-order chi connectivity index (χ1) is 17.9. The SMILES string of the molecule is C[Si]1(C)c2ccccc2B(n2c3c(C#N)cc(C#N)cc3c3cc(C#N)cc(C#N)c32)c2ccccc21. The lowest BCUT2D eigenvalue weighted by atomic mass is 9.49. The van der Waals surface area contributed by atoms with Gasteiger partial charge in [-0.25, -0.2) is 0 Å². The maximum Gasteiger partial charge on any atom is 0.328 e. The Kier molecular flexibility index (Phi) is 4.83. The minimum Gasteiger partial charge on any atom is -0.374 e. The average molecular weight is 487 g/mol. The van der Waals surface area contributed by atoms with Gasteiger partial charge in [-0.3, -0.25) is 0 Å². The van der Waals surface area contributed by atoms with E-state index in [9.17, 15) is 21.0 Å². The van der Waals surface area contributed by atoms with Crippen LogP contribution in [0, 0.1) is 45.3 Å². The summed E-state index contributed by atoms with van der Waals surface area (Å²) in [5.74, 6) is 0. The number of hydrogen-bond donors (Lipinski definition) is 0. The van der Waals surface area contributed by atoms with Crippen molar-refractivity contribution in [2.45, 2.75) is 13.1 Å². The van der Waals surface area contributed by atoms with E-state index < -0.39 is 8.07 Å². The molecular weight excluding hydrogens is 469 g/mol. The van der Waals surface area contributed by atoms with Gasteiger partial charge < -0.3 is 4.48 Å². The van der Waals surface area contributed by atoms with Gasteiger partial charge in [-0.05, 0) is 24.3 Å². The summed E-state index contributed by atoms with van der Waals surface area (Å²) >= 11 is 0. The Morgan fingerprint density at radius 2 is 1.05 bits per heavy atom. The van der Waals surface area contributed by atoms with Crippen molar-refractivity contribution in [3.05, 3.63) is 95.1 Å². The first-order valence-electron chi connectivity index (χ1n) is 11.9. The second kappa shape index (κ2) is 7.97. The summed E-state index contributed by atoms with van der Waals surface area (Å²) in [7, 11) is -2.02. The van der Waals surface area contributed by atoms with Crippen LogP contribution in [0.15, 0.2) is 72.8 Å². The van der Waals surface area contributed by atoms with Crippen molar-refractivity contribution in [2.24, 2.45) is 0 Å². The highest BCUT2D eigenvalue weighted by Gasteiger charge is 2.43. The monoisotopic (exact) mass is 487 g/mol. The first-order valence-corrected chi connectivity index (χ1v) is 14.9. The number of rotatable bonds is 1. The molecule has 6 rings (SSSR count). The van der Waals surface area contributed by atoms with Crippen LogP contribution in [0.5, 0.6) is 0 Å². The smallest absolute Gasteiger partial charge is 0.328 e. The van der Waals surface area contributed by atoms with E-state index in [1.165, 1.54) is 10.4 Å². The largest absolute Gasteiger partial charge is 0.374 e. The molecule has 0 saturated heterocycles. The Hall–Kier alpha value is -5.08. The summed E-state index contributed by atoms with van der Waals surface area (Å²) in [5.41, 5.74) is 5.09. The predicted octanol–water partition coefficient (Wildman–Crippen LogP) is 3.07. The molecule has 0 fully saturated rings. The van der Waals surface area contributed by atoms with Crippen molar-refractivity contribution >= 4 is 58.0 Å². The molecular formula is C30H18BN5Si. The van der Waals surface area contributed by atoms with Crippen LogP contribution < -0.4 is 21.3 Å². The number of fused-ring (bicyclic) bond motifs is 5. The fraction of sp³-hybridized carbons (Fsp3) is 0.0667. The van der Waals surface area contributed by atoms with Crippen molar-refractivity contribution < 1.29 is 0 Å². The molecule has 0 bridgehead atoms. The third-order valence-corrected chi connectivity index (χ3v) is 11.2. The van der Waals surface area contributed by atoms with Crippen LogP contribution in [0.2, 0.25) is 13.1 Å². The molecule has 5 nitrogen and oxygen atoms in total. The molecule has 0 unspecified atom stereocenters. The van der Waals surface area contributed by atoms with Crippen LogP contribution in [-0.4, -0.2) is 19.4 Å². The van der Waals surface area contributed by atoms with E-state index >= 15 is 0 Å². The van der Waals surface area contributed by atoms with Gasteiger partial charge >= 0.3 is 6.85 Å². The summed E-state index contributed by atoms with van der Waals surface area (Å²) in [6, 6.07) is 32.6. The lowest BCUT2D eigenvalue weighted by molar-refractivity contribution is 1.31. The second-order valence-electron chi connectivity index (χ2n) is 9.86. The molecule has 0 amide bonds. The van der Waals surface area contributed by atoms with Gasteiger partial charge in [-0.1, -0.05) is 82.9 Å². The molecule has 170 valence electrons. The van der Waals surface area contributed by atoms with Gasteiger partial charge in [0.15, 0.2) is 0 Å². The molecule has 0 radical (unpaired) electrons. The van der Waals surface area contributed by atoms with E-state index in [2.05, 4.69) is 78.2 Å². The molecule has 1 aromatic heterocycles. The molecule has 0 spiro atoms. The van der Waals surface area contributed by atoms with E-state index in [0.29, 0.717) is 44.1 Å². The Morgan fingerprint density at radius 3 is 1.46 bits per heavy atom. The third kappa shape index (κ3) is 3.00. The average Bonchev–Trinajstić information content (AvgIpc) is 3.26. The van der Waals surface area contributed by atoms with Gasteiger partial charge in [0.05, 0.1) is 45.4 Å². The molecule has 37 heavy (non-hydrogen) atoms. The van der Waals surface area contributed by atoms with Crippen LogP contribution >= 0.6 is 0 Å². The maximum atomic E-state index is 10.2. The van der Waals surface area contributed by atoms with E-state index in [1.54, 1.807) is 24.3 Å². The Morgan fingerprint density at radius 1 is 0.622 bits per heavy atom. The highest BCUT2D eigenvalue weighted by molar-refractivity contribution is 7.11. The fourth-order valence-corrected chi connectivity index (χ4v) is 9.27. The topological polar surface area (TPSA) is 100 Å². The van der Waals surface area contributed by atoms with Gasteiger partial charge in [0.2, 0.25) is 0 Å². The highest BCUT2D eigenvalue weighted by atomic mass is 28.3. The fourth-order valence-electron chi connectivity index (χ4n) is 6.07. The summed E-state index contributed by atoms with van der Waals surface area (Å²) in [6.45, 7) is 4.42. The summed E-state index contributed by atoms with van der Waals surface area (Å²) in [4.78, 5) is 0. The third-order valence-electron chi connectivity index (χ3n) is 7.61. The van der Waals surface area contributed by atoms with Gasteiger partial charge in [0.25, 0.3) is 0 Å². The first kappa shape index (κ1) is 22.4. The van der Waals surface area contributed by atoms with E-state index in [4.69, 9.17) is 0 Å². The number of aromatic nitrogens is 1. The van der Waals surface area contributed by atoms with Gasteiger partial charge in [0.1, 0.15) is 20.2 Å². The normalized spacial score (nSPS) is 13.2. The van der Waals surface area contributed by atoms with Crippen LogP contribution in [0.3, 0.4) is 0 Å². The molecule has 0 saturated carbocycles. The summed E-state index contributed by atoms with van der Waals surface area (Å²) < 4.78 is 2.10. The Balaban J connectivity index is 1.89. The van der Waals surface area contributed by atoms with Crippen molar-refractivity contribution in [2.75, 3.05) is 0 Å². The zero-order valence-electron chi connectivity index (χ0n) is 20.2. The Bertz CT molecular complexity index is 1840. The maximum absolute atomic E-state index is 10.2. The highest BCUT2D eigenvalue weighted by Crippen LogP contribution is 2.35.